The van der Waals surface area contributed by atoms with Gasteiger partial charge >= 0.3 is 0 Å². The number of allylic oxidation sites excluding steroid dienone is 1. The second-order valence-electron chi connectivity index (χ2n) is 5.13. The van der Waals surface area contributed by atoms with Crippen molar-refractivity contribution in [2.75, 3.05) is 7.11 Å². The molecule has 1 N–H and O–H groups in total. The number of halogens is 1. The molecule has 0 amide bonds. The summed E-state index contributed by atoms with van der Waals surface area (Å²) in [6.45, 7) is 4.02. The van der Waals surface area contributed by atoms with Crippen molar-refractivity contribution in [1.82, 2.24) is 9.97 Å². The van der Waals surface area contributed by atoms with E-state index in [2.05, 4.69) is 21.0 Å². The van der Waals surface area contributed by atoms with E-state index in [4.69, 9.17) is 4.74 Å². The lowest BCUT2D eigenvalue weighted by molar-refractivity contribution is 0.303. The number of H-pyrrole nitrogens is 1. The van der Waals surface area contributed by atoms with E-state index in [9.17, 15) is 4.39 Å². The van der Waals surface area contributed by atoms with Crippen LogP contribution in [0.3, 0.4) is 0 Å². The van der Waals surface area contributed by atoms with Crippen LogP contribution in [0.2, 0.25) is 0 Å². The highest BCUT2D eigenvalue weighted by atomic mass is 19.1. The number of pyridine rings is 1. The van der Waals surface area contributed by atoms with E-state index in [1.54, 1.807) is 25.3 Å². The Morgan fingerprint density at radius 2 is 2.14 bits per heavy atom. The molecule has 0 aliphatic carbocycles. The summed E-state index contributed by atoms with van der Waals surface area (Å²) < 4.78 is 19.2. The number of hydrogen-bond acceptors (Lipinski definition) is 3. The summed E-state index contributed by atoms with van der Waals surface area (Å²) in [7, 11) is 1.57. The number of ether oxygens (including phenoxy) is 1. The second kappa shape index (κ2) is 5.60. The molecule has 1 aliphatic heterocycles. The maximum absolute atomic E-state index is 13.8. The molecule has 5 heteroatoms. The Morgan fingerprint density at radius 1 is 1.32 bits per heavy atom. The standard InChI is InChI=1S/C17H16FN3O/c1-10-7-11(2)20-13(10)8-15-16(22-3)9-14(21-15)12-5-4-6-19-17(12)18/h4-9,20H,1-3H3. The van der Waals surface area contributed by atoms with E-state index in [0.29, 0.717) is 22.7 Å². The second-order valence-corrected chi connectivity index (χ2v) is 5.13. The lowest BCUT2D eigenvalue weighted by Crippen LogP contribution is -2.00. The van der Waals surface area contributed by atoms with Crippen LogP contribution in [0.1, 0.15) is 22.5 Å². The highest BCUT2D eigenvalue weighted by Gasteiger charge is 2.19. The van der Waals surface area contributed by atoms with Gasteiger partial charge in [0, 0.05) is 23.7 Å². The van der Waals surface area contributed by atoms with Gasteiger partial charge in [0.2, 0.25) is 5.95 Å². The average Bonchev–Trinajstić information content (AvgIpc) is 3.03. The molecule has 0 spiro atoms. The highest BCUT2D eigenvalue weighted by molar-refractivity contribution is 6.12. The number of aromatic nitrogens is 2. The summed E-state index contributed by atoms with van der Waals surface area (Å²) in [6, 6.07) is 5.39. The summed E-state index contributed by atoms with van der Waals surface area (Å²) in [6.07, 6.45) is 5.03. The third-order valence-corrected chi connectivity index (χ3v) is 3.49. The van der Waals surface area contributed by atoms with Crippen LogP contribution < -0.4 is 0 Å². The molecule has 0 saturated heterocycles. The van der Waals surface area contributed by atoms with Crippen LogP contribution in [0.25, 0.3) is 6.08 Å². The predicted molar refractivity (Wildman–Crippen MR) is 84.1 cm³/mol. The van der Waals surface area contributed by atoms with Gasteiger partial charge in [-0.2, -0.15) is 4.39 Å². The quantitative estimate of drug-likeness (QED) is 0.881. The van der Waals surface area contributed by atoms with Crippen molar-refractivity contribution < 1.29 is 9.13 Å². The van der Waals surface area contributed by atoms with Crippen molar-refractivity contribution in [3.8, 4) is 0 Å². The van der Waals surface area contributed by atoms with Crippen molar-refractivity contribution in [2.45, 2.75) is 13.8 Å². The minimum Gasteiger partial charge on any atom is -0.494 e. The van der Waals surface area contributed by atoms with Crippen molar-refractivity contribution >= 4 is 11.8 Å². The first-order valence-corrected chi connectivity index (χ1v) is 6.92. The lowest BCUT2D eigenvalue weighted by atomic mass is 10.1. The Kier molecular flexibility index (Phi) is 3.63. The smallest absolute Gasteiger partial charge is 0.222 e. The Balaban J connectivity index is 2.04. The normalized spacial score (nSPS) is 15.9. The van der Waals surface area contributed by atoms with Gasteiger partial charge in [0.05, 0.1) is 18.4 Å². The number of hydrogen-bond donors (Lipinski definition) is 1. The fraction of sp³-hybridized carbons (Fsp3) is 0.176. The number of aryl methyl sites for hydroxylation is 2. The van der Waals surface area contributed by atoms with Crippen LogP contribution in [-0.4, -0.2) is 22.8 Å². The van der Waals surface area contributed by atoms with Gasteiger partial charge in [-0.1, -0.05) is 0 Å². The Labute approximate surface area is 128 Å². The number of nitrogens with zero attached hydrogens (tertiary/aromatic N) is 2. The summed E-state index contributed by atoms with van der Waals surface area (Å²) >= 11 is 0. The van der Waals surface area contributed by atoms with Gasteiger partial charge in [0.25, 0.3) is 0 Å². The highest BCUT2D eigenvalue weighted by Crippen LogP contribution is 2.26. The molecule has 0 atom stereocenters. The van der Waals surface area contributed by atoms with Crippen molar-refractivity contribution in [2.24, 2.45) is 4.99 Å². The SMILES string of the molecule is COC1=CC(c2cccnc2F)=NC1=Cc1[nH]c(C)cc1C. The van der Waals surface area contributed by atoms with Gasteiger partial charge in [0.15, 0.2) is 0 Å². The predicted octanol–water partition coefficient (Wildman–Crippen LogP) is 3.54. The van der Waals surface area contributed by atoms with E-state index in [-0.39, 0.29) is 0 Å². The maximum atomic E-state index is 13.8. The summed E-state index contributed by atoms with van der Waals surface area (Å²) in [4.78, 5) is 11.4. The van der Waals surface area contributed by atoms with Crippen LogP contribution in [0.5, 0.6) is 0 Å². The van der Waals surface area contributed by atoms with Gasteiger partial charge in [-0.05, 0) is 43.7 Å². The van der Waals surface area contributed by atoms with Crippen LogP contribution in [0, 0.1) is 19.8 Å². The molecule has 0 fully saturated rings. The fourth-order valence-corrected chi connectivity index (χ4v) is 2.43. The van der Waals surface area contributed by atoms with Gasteiger partial charge < -0.3 is 9.72 Å². The first-order valence-electron chi connectivity index (χ1n) is 6.92. The van der Waals surface area contributed by atoms with Crippen molar-refractivity contribution in [3.05, 3.63) is 70.4 Å². The lowest BCUT2D eigenvalue weighted by Gasteiger charge is -2.01. The molecule has 0 saturated carbocycles. The fourth-order valence-electron chi connectivity index (χ4n) is 2.43. The van der Waals surface area contributed by atoms with Gasteiger partial charge in [-0.15, -0.1) is 0 Å². The van der Waals surface area contributed by atoms with E-state index in [0.717, 1.165) is 17.0 Å². The van der Waals surface area contributed by atoms with E-state index in [1.807, 2.05) is 19.9 Å². The Morgan fingerprint density at radius 3 is 2.77 bits per heavy atom. The first kappa shape index (κ1) is 14.3. The number of methoxy groups -OCH3 is 1. The Hall–Kier alpha value is -2.69. The molecule has 2 aromatic rings. The minimum absolute atomic E-state index is 0.361. The summed E-state index contributed by atoms with van der Waals surface area (Å²) in [5, 5.41) is 0. The molecular formula is C17H16FN3O. The number of rotatable bonds is 3. The molecule has 0 bridgehead atoms. The molecule has 0 unspecified atom stereocenters. The molecule has 112 valence electrons. The van der Waals surface area contributed by atoms with E-state index >= 15 is 0 Å². The van der Waals surface area contributed by atoms with E-state index < -0.39 is 5.95 Å². The molecule has 4 nitrogen and oxygen atoms in total. The van der Waals surface area contributed by atoms with Crippen molar-refractivity contribution in [3.63, 3.8) is 0 Å². The van der Waals surface area contributed by atoms with Crippen LogP contribution >= 0.6 is 0 Å². The van der Waals surface area contributed by atoms with Crippen LogP contribution in [-0.2, 0) is 4.74 Å². The summed E-state index contributed by atoms with van der Waals surface area (Å²) in [5.74, 6) is 0.0611. The minimum atomic E-state index is -0.541. The van der Waals surface area contributed by atoms with Crippen LogP contribution in [0.15, 0.2) is 46.9 Å². The molecular weight excluding hydrogens is 281 g/mol. The molecule has 3 rings (SSSR count). The zero-order valence-electron chi connectivity index (χ0n) is 12.6. The molecule has 1 aliphatic rings. The molecule has 2 aromatic heterocycles. The Bertz CT molecular complexity index is 815. The molecule has 3 heterocycles. The molecule has 0 aromatic carbocycles. The number of aromatic amines is 1. The zero-order valence-corrected chi connectivity index (χ0v) is 12.6. The van der Waals surface area contributed by atoms with Gasteiger partial charge in [-0.25, -0.2) is 9.98 Å². The van der Waals surface area contributed by atoms with Crippen molar-refractivity contribution in [1.29, 1.82) is 0 Å². The third kappa shape index (κ3) is 2.57. The zero-order chi connectivity index (χ0) is 15.7. The van der Waals surface area contributed by atoms with Gasteiger partial charge in [0.1, 0.15) is 11.5 Å². The largest absolute Gasteiger partial charge is 0.494 e. The van der Waals surface area contributed by atoms with Crippen LogP contribution in [0.4, 0.5) is 4.39 Å². The number of aliphatic imine (C=N–C) groups is 1. The average molecular weight is 297 g/mol. The third-order valence-electron chi connectivity index (χ3n) is 3.49. The molecule has 0 radical (unpaired) electrons. The first-order chi connectivity index (χ1) is 10.6. The van der Waals surface area contributed by atoms with E-state index in [1.165, 1.54) is 6.20 Å². The monoisotopic (exact) mass is 297 g/mol. The maximum Gasteiger partial charge on any atom is 0.222 e. The number of nitrogens with one attached hydrogen (secondary N) is 1. The topological polar surface area (TPSA) is 50.3 Å². The van der Waals surface area contributed by atoms with Gasteiger partial charge in [-0.3, -0.25) is 0 Å². The molecule has 22 heavy (non-hydrogen) atoms. The summed E-state index contributed by atoms with van der Waals surface area (Å²) in [5.41, 5.74) is 4.69.